The van der Waals surface area contributed by atoms with Crippen molar-refractivity contribution in [3.05, 3.63) is 48.3 Å². The minimum Gasteiger partial charge on any atom is -0.403 e. The van der Waals surface area contributed by atoms with Gasteiger partial charge in [-0.2, -0.15) is 0 Å². The molecule has 3 N–H and O–H groups in total. The molecule has 0 aliphatic rings. The summed E-state index contributed by atoms with van der Waals surface area (Å²) in [7, 11) is 0. The summed E-state index contributed by atoms with van der Waals surface area (Å²) in [5.74, 6) is 0. The third-order valence-corrected chi connectivity index (χ3v) is 1.36. The van der Waals surface area contributed by atoms with E-state index in [0.29, 0.717) is 0 Å². The second-order valence-electron chi connectivity index (χ2n) is 2.23. The second-order valence-corrected chi connectivity index (χ2v) is 2.23. The Balaban J connectivity index is 2.39. The van der Waals surface area contributed by atoms with E-state index in [1.54, 1.807) is 6.20 Å². The van der Waals surface area contributed by atoms with Gasteiger partial charge in [-0.05, 0) is 5.56 Å². The molecule has 11 heavy (non-hydrogen) atoms. The molecule has 0 unspecified atom stereocenters. The van der Waals surface area contributed by atoms with Crippen LogP contribution in [0.15, 0.2) is 42.7 Å². The van der Waals surface area contributed by atoms with Gasteiger partial charge < -0.3 is 11.1 Å². The van der Waals surface area contributed by atoms with Crippen LogP contribution in [-0.2, 0) is 6.54 Å². The van der Waals surface area contributed by atoms with Gasteiger partial charge in [-0.3, -0.25) is 0 Å². The highest BCUT2D eigenvalue weighted by Crippen LogP contribution is 1.96. The van der Waals surface area contributed by atoms with Gasteiger partial charge in [0, 0.05) is 18.9 Å². The van der Waals surface area contributed by atoms with Crippen molar-refractivity contribution in [3.63, 3.8) is 0 Å². The Kier molecular flexibility index (Phi) is 3.06. The minimum atomic E-state index is 0.828. The van der Waals surface area contributed by atoms with Gasteiger partial charge in [0.15, 0.2) is 0 Å². The van der Waals surface area contributed by atoms with Crippen LogP contribution in [-0.4, -0.2) is 0 Å². The normalized spacial score (nSPS) is 10.2. The van der Waals surface area contributed by atoms with Gasteiger partial charge in [-0.25, -0.2) is 0 Å². The van der Waals surface area contributed by atoms with Gasteiger partial charge in [0.2, 0.25) is 0 Å². The SMILES string of the molecule is N/C=C/NCc1ccccc1. The molecule has 0 spiro atoms. The average Bonchev–Trinajstić information content (AvgIpc) is 2.07. The van der Waals surface area contributed by atoms with Crippen LogP contribution in [0.25, 0.3) is 0 Å². The second kappa shape index (κ2) is 4.39. The molecule has 0 bridgehead atoms. The van der Waals surface area contributed by atoms with Crippen LogP contribution in [0.1, 0.15) is 5.56 Å². The van der Waals surface area contributed by atoms with Crippen LogP contribution in [0.4, 0.5) is 0 Å². The van der Waals surface area contributed by atoms with Gasteiger partial charge in [0.25, 0.3) is 0 Å². The molecule has 0 atom stereocenters. The molecule has 0 heterocycles. The van der Waals surface area contributed by atoms with E-state index in [4.69, 9.17) is 5.73 Å². The molecule has 0 radical (unpaired) electrons. The molecule has 1 rings (SSSR count). The Morgan fingerprint density at radius 1 is 1.27 bits per heavy atom. The summed E-state index contributed by atoms with van der Waals surface area (Å²) in [5, 5.41) is 3.05. The zero-order valence-electron chi connectivity index (χ0n) is 6.33. The van der Waals surface area contributed by atoms with E-state index in [9.17, 15) is 0 Å². The fourth-order valence-corrected chi connectivity index (χ4v) is 0.841. The highest BCUT2D eigenvalue weighted by Gasteiger charge is 1.84. The summed E-state index contributed by atoms with van der Waals surface area (Å²) in [5.41, 5.74) is 6.40. The summed E-state index contributed by atoms with van der Waals surface area (Å²) in [6.07, 6.45) is 3.22. The number of nitrogens with one attached hydrogen (secondary N) is 1. The summed E-state index contributed by atoms with van der Waals surface area (Å²) in [4.78, 5) is 0. The molecule has 0 aliphatic carbocycles. The fourth-order valence-electron chi connectivity index (χ4n) is 0.841. The van der Waals surface area contributed by atoms with Crippen LogP contribution in [0.2, 0.25) is 0 Å². The maximum atomic E-state index is 5.15. The topological polar surface area (TPSA) is 38.0 Å². The largest absolute Gasteiger partial charge is 0.403 e. The quantitative estimate of drug-likeness (QED) is 0.676. The first-order valence-corrected chi connectivity index (χ1v) is 3.57. The van der Waals surface area contributed by atoms with E-state index in [1.165, 1.54) is 11.8 Å². The molecule has 2 heteroatoms. The Hall–Kier alpha value is -1.44. The van der Waals surface area contributed by atoms with E-state index >= 15 is 0 Å². The smallest absolute Gasteiger partial charge is 0.0395 e. The molecule has 58 valence electrons. The van der Waals surface area contributed by atoms with E-state index in [-0.39, 0.29) is 0 Å². The Bertz CT molecular complexity index is 216. The summed E-state index contributed by atoms with van der Waals surface area (Å²) in [6.45, 7) is 0.828. The maximum absolute atomic E-state index is 5.15. The van der Waals surface area contributed by atoms with Crippen molar-refractivity contribution in [2.45, 2.75) is 6.54 Å². The third kappa shape index (κ3) is 2.76. The summed E-state index contributed by atoms with van der Waals surface area (Å²) >= 11 is 0. The standard InChI is InChI=1S/C9H12N2/c10-6-7-11-8-9-4-2-1-3-5-9/h1-7,11H,8,10H2/b7-6+. The third-order valence-electron chi connectivity index (χ3n) is 1.36. The van der Waals surface area contributed by atoms with Gasteiger partial charge in [-0.15, -0.1) is 0 Å². The Morgan fingerprint density at radius 2 is 2.00 bits per heavy atom. The van der Waals surface area contributed by atoms with Crippen molar-refractivity contribution in [1.82, 2.24) is 5.32 Å². The molecule has 0 amide bonds. The highest BCUT2D eigenvalue weighted by atomic mass is 14.8. The van der Waals surface area contributed by atoms with Crippen molar-refractivity contribution in [3.8, 4) is 0 Å². The number of rotatable bonds is 3. The summed E-state index contributed by atoms with van der Waals surface area (Å²) in [6, 6.07) is 10.2. The summed E-state index contributed by atoms with van der Waals surface area (Å²) < 4.78 is 0. The first-order valence-electron chi connectivity index (χ1n) is 3.57. The molecular formula is C9H12N2. The molecule has 1 aromatic rings. The first-order chi connectivity index (χ1) is 5.43. The zero-order chi connectivity index (χ0) is 7.94. The maximum Gasteiger partial charge on any atom is 0.0395 e. The average molecular weight is 148 g/mol. The van der Waals surface area contributed by atoms with Crippen LogP contribution >= 0.6 is 0 Å². The van der Waals surface area contributed by atoms with E-state index < -0.39 is 0 Å². The number of hydrogen-bond donors (Lipinski definition) is 2. The number of benzene rings is 1. The molecule has 2 nitrogen and oxygen atoms in total. The molecule has 0 fully saturated rings. The number of nitrogens with two attached hydrogens (primary N) is 1. The first kappa shape index (κ1) is 7.66. The van der Waals surface area contributed by atoms with Crippen LogP contribution < -0.4 is 11.1 Å². The van der Waals surface area contributed by atoms with Crippen LogP contribution in [0.3, 0.4) is 0 Å². The Labute approximate surface area is 66.7 Å². The molecule has 0 aromatic heterocycles. The zero-order valence-corrected chi connectivity index (χ0v) is 6.33. The van der Waals surface area contributed by atoms with Crippen LogP contribution in [0.5, 0.6) is 0 Å². The predicted octanol–water partition coefficient (Wildman–Crippen LogP) is 1.21. The van der Waals surface area contributed by atoms with Gasteiger partial charge in [0.1, 0.15) is 0 Å². The lowest BCUT2D eigenvalue weighted by Gasteiger charge is -1.98. The molecule has 1 aromatic carbocycles. The Morgan fingerprint density at radius 3 is 2.64 bits per heavy atom. The van der Waals surface area contributed by atoms with Gasteiger partial charge in [-0.1, -0.05) is 30.3 Å². The molecule has 0 saturated heterocycles. The molecule has 0 saturated carbocycles. The lowest BCUT2D eigenvalue weighted by atomic mass is 10.2. The number of hydrogen-bond acceptors (Lipinski definition) is 2. The van der Waals surface area contributed by atoms with Crippen molar-refractivity contribution in [1.29, 1.82) is 0 Å². The van der Waals surface area contributed by atoms with Gasteiger partial charge in [0.05, 0.1) is 0 Å². The van der Waals surface area contributed by atoms with E-state index in [0.717, 1.165) is 6.54 Å². The lowest BCUT2D eigenvalue weighted by Crippen LogP contribution is -2.04. The van der Waals surface area contributed by atoms with Gasteiger partial charge >= 0.3 is 0 Å². The molecule has 0 aliphatic heterocycles. The van der Waals surface area contributed by atoms with Crippen LogP contribution in [0, 0.1) is 0 Å². The highest BCUT2D eigenvalue weighted by molar-refractivity contribution is 5.14. The van der Waals surface area contributed by atoms with E-state index in [1.807, 2.05) is 18.2 Å². The van der Waals surface area contributed by atoms with Crippen molar-refractivity contribution >= 4 is 0 Å². The fraction of sp³-hybridized carbons (Fsp3) is 0.111. The molecular weight excluding hydrogens is 136 g/mol. The predicted molar refractivity (Wildman–Crippen MR) is 46.6 cm³/mol. The lowest BCUT2D eigenvalue weighted by molar-refractivity contribution is 0.867. The monoisotopic (exact) mass is 148 g/mol. The van der Waals surface area contributed by atoms with Crippen molar-refractivity contribution in [2.75, 3.05) is 0 Å². The van der Waals surface area contributed by atoms with Crippen molar-refractivity contribution < 1.29 is 0 Å². The minimum absolute atomic E-state index is 0.828. The van der Waals surface area contributed by atoms with E-state index in [2.05, 4.69) is 17.4 Å². The van der Waals surface area contributed by atoms with Crippen molar-refractivity contribution in [2.24, 2.45) is 5.73 Å².